The summed E-state index contributed by atoms with van der Waals surface area (Å²) < 4.78 is 1.07. The molecule has 5 nitrogen and oxygen atoms in total. The maximum atomic E-state index is 8.93. The van der Waals surface area contributed by atoms with Crippen molar-refractivity contribution in [1.29, 1.82) is 5.26 Å². The number of nitrogens with zero attached hydrogens (tertiary/aromatic N) is 2. The van der Waals surface area contributed by atoms with Crippen LogP contribution in [0.4, 0.5) is 0 Å². The smallest absolute Gasteiger partial charge is 0.204 e. The fourth-order valence-electron chi connectivity index (χ4n) is 3.26. The molecule has 0 amide bonds. The predicted octanol–water partition coefficient (Wildman–Crippen LogP) is 3.82. The second-order valence-electron chi connectivity index (χ2n) is 6.20. The van der Waals surface area contributed by atoms with Gasteiger partial charge >= 0.3 is 0 Å². The van der Waals surface area contributed by atoms with Crippen molar-refractivity contribution in [2.45, 2.75) is 44.6 Å². The SMILES string of the molecule is N#CNC(=NCCc1c[nH]c2ccc(Br)cc12)NC1CCCCC1. The predicted molar refractivity (Wildman–Crippen MR) is 101 cm³/mol. The van der Waals surface area contributed by atoms with Crippen LogP contribution in [0.2, 0.25) is 0 Å². The molecule has 0 saturated heterocycles. The maximum absolute atomic E-state index is 8.93. The van der Waals surface area contributed by atoms with Crippen LogP contribution in [-0.2, 0) is 6.42 Å². The lowest BCUT2D eigenvalue weighted by Gasteiger charge is -2.23. The lowest BCUT2D eigenvalue weighted by atomic mass is 9.96. The van der Waals surface area contributed by atoms with Crippen LogP contribution < -0.4 is 10.6 Å². The van der Waals surface area contributed by atoms with E-state index in [2.05, 4.69) is 48.7 Å². The minimum atomic E-state index is 0.433. The summed E-state index contributed by atoms with van der Waals surface area (Å²) in [6.45, 7) is 0.642. The van der Waals surface area contributed by atoms with Crippen molar-refractivity contribution < 1.29 is 0 Å². The van der Waals surface area contributed by atoms with Crippen LogP contribution in [0.5, 0.6) is 0 Å². The number of aromatic nitrogens is 1. The molecule has 0 atom stereocenters. The summed E-state index contributed by atoms with van der Waals surface area (Å²) in [4.78, 5) is 7.85. The van der Waals surface area contributed by atoms with E-state index in [0.29, 0.717) is 18.5 Å². The zero-order chi connectivity index (χ0) is 16.8. The van der Waals surface area contributed by atoms with Crippen molar-refractivity contribution in [2.24, 2.45) is 4.99 Å². The van der Waals surface area contributed by atoms with Gasteiger partial charge in [0.1, 0.15) is 0 Å². The number of nitrogens with one attached hydrogen (secondary N) is 3. The standard InChI is InChI=1S/C18H22BrN5/c19-14-6-7-17-16(10-14)13(11-22-17)8-9-21-18(23-12-20)24-15-4-2-1-3-5-15/h6-7,10-11,15,22H,1-5,8-9H2,(H2,21,23,24). The third-order valence-corrected chi connectivity index (χ3v) is 4.99. The molecule has 0 spiro atoms. The summed E-state index contributed by atoms with van der Waals surface area (Å²) in [5.41, 5.74) is 2.37. The second-order valence-corrected chi connectivity index (χ2v) is 7.12. The molecule has 1 aromatic heterocycles. The molecule has 1 saturated carbocycles. The Hall–Kier alpha value is -2.00. The lowest BCUT2D eigenvalue weighted by Crippen LogP contribution is -2.42. The molecule has 0 radical (unpaired) electrons. The summed E-state index contributed by atoms with van der Waals surface area (Å²) in [6.07, 6.45) is 11.0. The molecular weight excluding hydrogens is 366 g/mol. The number of guanidine groups is 1. The Morgan fingerprint density at radius 3 is 2.96 bits per heavy atom. The van der Waals surface area contributed by atoms with Gasteiger partial charge in [-0.05, 0) is 43.0 Å². The van der Waals surface area contributed by atoms with Gasteiger partial charge in [0.25, 0.3) is 0 Å². The monoisotopic (exact) mass is 387 g/mol. The third kappa shape index (κ3) is 4.30. The Morgan fingerprint density at radius 2 is 2.17 bits per heavy atom. The third-order valence-electron chi connectivity index (χ3n) is 4.50. The summed E-state index contributed by atoms with van der Waals surface area (Å²) in [6, 6.07) is 6.66. The van der Waals surface area contributed by atoms with Gasteiger partial charge in [-0.15, -0.1) is 0 Å². The van der Waals surface area contributed by atoms with E-state index in [1.54, 1.807) is 0 Å². The molecule has 126 valence electrons. The van der Waals surface area contributed by atoms with Crippen LogP contribution >= 0.6 is 15.9 Å². The average molecular weight is 388 g/mol. The molecule has 24 heavy (non-hydrogen) atoms. The van der Waals surface area contributed by atoms with E-state index < -0.39 is 0 Å². The number of hydrogen-bond donors (Lipinski definition) is 3. The largest absolute Gasteiger partial charge is 0.361 e. The zero-order valence-corrected chi connectivity index (χ0v) is 15.2. The van der Waals surface area contributed by atoms with Gasteiger partial charge in [0, 0.05) is 34.2 Å². The van der Waals surface area contributed by atoms with Crippen LogP contribution in [0.15, 0.2) is 33.9 Å². The van der Waals surface area contributed by atoms with Gasteiger partial charge in [-0.2, -0.15) is 5.26 Å². The van der Waals surface area contributed by atoms with Crippen LogP contribution in [0, 0.1) is 11.5 Å². The number of aromatic amines is 1. The lowest BCUT2D eigenvalue weighted by molar-refractivity contribution is 0.411. The minimum Gasteiger partial charge on any atom is -0.361 e. The number of nitriles is 1. The summed E-state index contributed by atoms with van der Waals surface area (Å²) in [5.74, 6) is 0.602. The van der Waals surface area contributed by atoms with E-state index in [1.165, 1.54) is 30.2 Å². The van der Waals surface area contributed by atoms with Crippen molar-refractivity contribution in [3.8, 4) is 6.19 Å². The van der Waals surface area contributed by atoms with Crippen LogP contribution in [0.25, 0.3) is 10.9 Å². The van der Waals surface area contributed by atoms with E-state index in [0.717, 1.165) is 29.3 Å². The van der Waals surface area contributed by atoms with Crippen molar-refractivity contribution in [2.75, 3.05) is 6.54 Å². The quantitative estimate of drug-likeness (QED) is 0.323. The van der Waals surface area contributed by atoms with E-state index in [-0.39, 0.29) is 0 Å². The fraction of sp³-hybridized carbons (Fsp3) is 0.444. The number of H-pyrrole nitrogens is 1. The van der Waals surface area contributed by atoms with Gasteiger partial charge < -0.3 is 10.3 Å². The Kier molecular flexibility index (Phi) is 5.76. The Balaban J connectivity index is 1.63. The molecule has 0 aliphatic heterocycles. The number of fused-ring (bicyclic) bond motifs is 1. The molecular formula is C18H22BrN5. The molecule has 2 aromatic rings. The first-order chi connectivity index (χ1) is 11.8. The number of aliphatic imine (C=N–C) groups is 1. The first-order valence-electron chi connectivity index (χ1n) is 8.48. The van der Waals surface area contributed by atoms with E-state index >= 15 is 0 Å². The van der Waals surface area contributed by atoms with Gasteiger partial charge in [-0.1, -0.05) is 35.2 Å². The van der Waals surface area contributed by atoms with E-state index in [1.807, 2.05) is 18.5 Å². The highest BCUT2D eigenvalue weighted by molar-refractivity contribution is 9.10. The Labute approximate surface area is 150 Å². The van der Waals surface area contributed by atoms with Crippen LogP contribution in [-0.4, -0.2) is 23.5 Å². The second kappa shape index (κ2) is 8.20. The molecule has 1 fully saturated rings. The van der Waals surface area contributed by atoms with Crippen molar-refractivity contribution in [1.82, 2.24) is 15.6 Å². The topological polar surface area (TPSA) is 76.0 Å². The number of hydrogen-bond acceptors (Lipinski definition) is 2. The normalized spacial score (nSPS) is 16.1. The number of halogens is 1. The minimum absolute atomic E-state index is 0.433. The van der Waals surface area contributed by atoms with Gasteiger partial charge in [0.2, 0.25) is 5.96 Å². The molecule has 1 aliphatic carbocycles. The van der Waals surface area contributed by atoms with Crippen molar-refractivity contribution >= 4 is 32.8 Å². The highest BCUT2D eigenvalue weighted by atomic mass is 79.9. The number of rotatable bonds is 4. The first-order valence-corrected chi connectivity index (χ1v) is 9.27. The molecule has 3 rings (SSSR count). The van der Waals surface area contributed by atoms with E-state index in [9.17, 15) is 0 Å². The van der Waals surface area contributed by atoms with Crippen LogP contribution in [0.1, 0.15) is 37.7 Å². The van der Waals surface area contributed by atoms with Crippen molar-refractivity contribution in [3.63, 3.8) is 0 Å². The van der Waals surface area contributed by atoms with E-state index in [4.69, 9.17) is 5.26 Å². The summed E-state index contributed by atoms with van der Waals surface area (Å²) >= 11 is 3.52. The first kappa shape index (κ1) is 16.8. The molecule has 1 heterocycles. The maximum Gasteiger partial charge on any atom is 0.204 e. The van der Waals surface area contributed by atoms with Crippen molar-refractivity contribution in [3.05, 3.63) is 34.4 Å². The van der Waals surface area contributed by atoms with Gasteiger partial charge in [-0.25, -0.2) is 0 Å². The molecule has 3 N–H and O–H groups in total. The van der Waals surface area contributed by atoms with Gasteiger partial charge in [0.05, 0.1) is 0 Å². The van der Waals surface area contributed by atoms with Gasteiger partial charge in [-0.3, -0.25) is 10.3 Å². The number of benzene rings is 1. The van der Waals surface area contributed by atoms with Crippen LogP contribution in [0.3, 0.4) is 0 Å². The molecule has 1 aliphatic rings. The molecule has 0 unspecified atom stereocenters. The Bertz CT molecular complexity index is 752. The highest BCUT2D eigenvalue weighted by Crippen LogP contribution is 2.23. The molecule has 1 aromatic carbocycles. The fourth-order valence-corrected chi connectivity index (χ4v) is 3.62. The Morgan fingerprint density at radius 1 is 1.33 bits per heavy atom. The zero-order valence-electron chi connectivity index (χ0n) is 13.6. The average Bonchev–Trinajstić information content (AvgIpc) is 2.98. The summed E-state index contributed by atoms with van der Waals surface area (Å²) in [5, 5.41) is 16.2. The highest BCUT2D eigenvalue weighted by Gasteiger charge is 2.14. The summed E-state index contributed by atoms with van der Waals surface area (Å²) in [7, 11) is 0. The molecule has 0 bridgehead atoms. The van der Waals surface area contributed by atoms with Gasteiger partial charge in [0.15, 0.2) is 6.19 Å². The molecule has 6 heteroatoms.